The molecule has 180 valence electrons. The number of amides is 3. The van der Waals surface area contributed by atoms with Gasteiger partial charge in [-0.1, -0.05) is 49.4 Å². The van der Waals surface area contributed by atoms with Crippen molar-refractivity contribution in [2.45, 2.75) is 13.0 Å². The molecule has 0 spiro atoms. The van der Waals surface area contributed by atoms with E-state index < -0.39 is 41.5 Å². The van der Waals surface area contributed by atoms with Crippen molar-refractivity contribution in [3.05, 3.63) is 102 Å². The number of ether oxygens (including phenoxy) is 1. The van der Waals surface area contributed by atoms with Crippen LogP contribution < -0.4 is 16.4 Å². The molecule has 0 radical (unpaired) electrons. The number of hydrogen-bond acceptors (Lipinski definition) is 6. The van der Waals surface area contributed by atoms with Gasteiger partial charge in [0.25, 0.3) is 5.91 Å². The molecule has 0 aromatic heterocycles. The lowest BCUT2D eigenvalue weighted by molar-refractivity contribution is -0.111. The van der Waals surface area contributed by atoms with Gasteiger partial charge in [0.05, 0.1) is 11.4 Å². The lowest BCUT2D eigenvalue weighted by Gasteiger charge is -2.23. The Hall–Kier alpha value is -4.66. The van der Waals surface area contributed by atoms with Crippen LogP contribution in [0.25, 0.3) is 0 Å². The maximum atomic E-state index is 14.0. The van der Waals surface area contributed by atoms with Crippen LogP contribution in [-0.2, 0) is 9.53 Å². The molecule has 0 aliphatic carbocycles. The summed E-state index contributed by atoms with van der Waals surface area (Å²) < 4.78 is 19.4. The molecule has 3 rings (SSSR count). The predicted molar refractivity (Wildman–Crippen MR) is 129 cm³/mol. The van der Waals surface area contributed by atoms with E-state index in [2.05, 4.69) is 10.6 Å². The number of phenols is 1. The van der Waals surface area contributed by atoms with E-state index >= 15 is 0 Å². The number of carbonyl (C=O) groups excluding carboxylic acids is 3. The van der Waals surface area contributed by atoms with Crippen molar-refractivity contribution in [3.63, 3.8) is 0 Å². The van der Waals surface area contributed by atoms with Crippen LogP contribution in [0.1, 0.15) is 28.9 Å². The molecule has 0 aliphatic rings. The monoisotopic (exact) mass is 477 g/mol. The highest BCUT2D eigenvalue weighted by molar-refractivity contribution is 6.03. The fourth-order valence-electron chi connectivity index (χ4n) is 3.20. The Morgan fingerprint density at radius 1 is 1.03 bits per heavy atom. The molecule has 2 atom stereocenters. The summed E-state index contributed by atoms with van der Waals surface area (Å²) in [6, 6.07) is 18.3. The van der Waals surface area contributed by atoms with E-state index in [9.17, 15) is 23.9 Å². The fraction of sp³-hybridized carbons (Fsp3) is 0.115. The number of carbonyl (C=O) groups is 3. The summed E-state index contributed by atoms with van der Waals surface area (Å²) in [6.07, 6.45) is 0.562. The second kappa shape index (κ2) is 11.5. The predicted octanol–water partition coefficient (Wildman–Crippen LogP) is 4.55. The Balaban J connectivity index is 1.75. The van der Waals surface area contributed by atoms with Gasteiger partial charge < -0.3 is 20.9 Å². The Morgan fingerprint density at radius 2 is 1.71 bits per heavy atom. The normalized spacial score (nSPS) is 12.5. The number of nitrogen functional groups attached to an aromatic ring is 1. The maximum absolute atomic E-state index is 14.0. The molecule has 0 saturated heterocycles. The van der Waals surface area contributed by atoms with Gasteiger partial charge in [-0.2, -0.15) is 0 Å². The number of alkyl carbamates (subject to hydrolysis) is 1. The third kappa shape index (κ3) is 6.91. The number of rotatable bonds is 7. The summed E-state index contributed by atoms with van der Waals surface area (Å²) in [7, 11) is 0. The van der Waals surface area contributed by atoms with Gasteiger partial charge >= 0.3 is 6.09 Å². The SMILES string of the molecule is C[C@H](/C=C/C(=O)Nc1ccccc1N)[C@@H](OC(=O)NC(=O)c1ccccc1)c1ccc(O)c(F)c1. The van der Waals surface area contributed by atoms with Crippen molar-refractivity contribution in [3.8, 4) is 5.75 Å². The van der Waals surface area contributed by atoms with E-state index in [4.69, 9.17) is 10.5 Å². The van der Waals surface area contributed by atoms with Crippen molar-refractivity contribution < 1.29 is 28.6 Å². The summed E-state index contributed by atoms with van der Waals surface area (Å²) >= 11 is 0. The van der Waals surface area contributed by atoms with Crippen molar-refractivity contribution in [2.75, 3.05) is 11.1 Å². The molecule has 0 bridgehead atoms. The molecule has 0 aliphatic heterocycles. The molecule has 3 amide bonds. The van der Waals surface area contributed by atoms with Crippen LogP contribution in [0.2, 0.25) is 0 Å². The highest BCUT2D eigenvalue weighted by Crippen LogP contribution is 2.30. The molecule has 3 aromatic rings. The van der Waals surface area contributed by atoms with Gasteiger partial charge in [-0.05, 0) is 48.0 Å². The van der Waals surface area contributed by atoms with E-state index in [1.807, 2.05) is 0 Å². The Kier molecular flexibility index (Phi) is 8.18. The summed E-state index contributed by atoms with van der Waals surface area (Å²) in [4.78, 5) is 37.1. The van der Waals surface area contributed by atoms with Gasteiger partial charge in [0.1, 0.15) is 6.10 Å². The number of anilines is 2. The third-order valence-corrected chi connectivity index (χ3v) is 5.03. The summed E-state index contributed by atoms with van der Waals surface area (Å²) in [5, 5.41) is 14.3. The van der Waals surface area contributed by atoms with E-state index in [0.29, 0.717) is 11.4 Å². The first-order valence-corrected chi connectivity index (χ1v) is 10.6. The number of para-hydroxylation sites is 2. The van der Waals surface area contributed by atoms with E-state index in [0.717, 1.165) is 12.1 Å². The van der Waals surface area contributed by atoms with Crippen LogP contribution in [0.15, 0.2) is 84.9 Å². The Labute approximate surface area is 201 Å². The van der Waals surface area contributed by atoms with Gasteiger partial charge in [0.2, 0.25) is 5.91 Å². The number of imide groups is 1. The van der Waals surface area contributed by atoms with Crippen LogP contribution in [0.4, 0.5) is 20.6 Å². The molecule has 35 heavy (non-hydrogen) atoms. The van der Waals surface area contributed by atoms with Crippen LogP contribution in [0.3, 0.4) is 0 Å². The van der Waals surface area contributed by atoms with E-state index in [1.165, 1.54) is 30.4 Å². The topological polar surface area (TPSA) is 131 Å². The first-order valence-electron chi connectivity index (χ1n) is 10.6. The lowest BCUT2D eigenvalue weighted by atomic mass is 9.96. The highest BCUT2D eigenvalue weighted by atomic mass is 19.1. The van der Waals surface area contributed by atoms with Gasteiger partial charge in [-0.3, -0.25) is 14.9 Å². The third-order valence-electron chi connectivity index (χ3n) is 5.03. The number of aromatic hydroxyl groups is 1. The molecular weight excluding hydrogens is 453 g/mol. The van der Waals surface area contributed by atoms with Crippen LogP contribution >= 0.6 is 0 Å². The molecule has 3 aromatic carbocycles. The van der Waals surface area contributed by atoms with E-state index in [-0.39, 0.29) is 11.1 Å². The minimum Gasteiger partial charge on any atom is -0.505 e. The molecule has 0 fully saturated rings. The summed E-state index contributed by atoms with van der Waals surface area (Å²) in [5.41, 5.74) is 7.12. The summed E-state index contributed by atoms with van der Waals surface area (Å²) in [6.45, 7) is 1.64. The van der Waals surface area contributed by atoms with Crippen molar-refractivity contribution >= 4 is 29.3 Å². The molecule has 0 unspecified atom stereocenters. The largest absolute Gasteiger partial charge is 0.505 e. The zero-order chi connectivity index (χ0) is 25.4. The molecular formula is C26H24FN3O5. The van der Waals surface area contributed by atoms with Crippen molar-refractivity contribution in [2.24, 2.45) is 5.92 Å². The molecule has 8 nitrogen and oxygen atoms in total. The van der Waals surface area contributed by atoms with Crippen molar-refractivity contribution in [1.82, 2.24) is 5.32 Å². The smallest absolute Gasteiger partial charge is 0.414 e. The summed E-state index contributed by atoms with van der Waals surface area (Å²) in [5.74, 6) is -3.26. The zero-order valence-corrected chi connectivity index (χ0v) is 18.8. The molecule has 9 heteroatoms. The lowest BCUT2D eigenvalue weighted by Crippen LogP contribution is -2.33. The number of hydrogen-bond donors (Lipinski definition) is 4. The first kappa shape index (κ1) is 25.0. The second-order valence-electron chi connectivity index (χ2n) is 7.65. The first-order chi connectivity index (χ1) is 16.7. The van der Waals surface area contributed by atoms with Gasteiger partial charge in [-0.15, -0.1) is 0 Å². The number of nitrogens with two attached hydrogens (primary N) is 1. The van der Waals surface area contributed by atoms with Crippen LogP contribution in [0, 0.1) is 11.7 Å². The minimum atomic E-state index is -1.08. The van der Waals surface area contributed by atoms with Crippen molar-refractivity contribution in [1.29, 1.82) is 0 Å². The Morgan fingerprint density at radius 3 is 2.40 bits per heavy atom. The number of benzene rings is 3. The van der Waals surface area contributed by atoms with Gasteiger partial charge in [0, 0.05) is 11.5 Å². The standard InChI is InChI=1S/C26H24FN3O5/c1-16(11-14-23(32)29-21-10-6-5-9-20(21)28)24(18-12-13-22(31)19(27)15-18)35-26(34)30-25(33)17-7-3-2-4-8-17/h2-16,24,31H,28H2,1H3,(H,29,32)(H,30,33,34)/b14-11+/t16-,24-/m1/s1. The zero-order valence-electron chi connectivity index (χ0n) is 18.8. The molecule has 0 saturated carbocycles. The van der Waals surface area contributed by atoms with Crippen LogP contribution in [0.5, 0.6) is 5.75 Å². The number of phenolic OH excluding ortho intramolecular Hbond substituents is 1. The Bertz CT molecular complexity index is 1250. The fourth-order valence-corrected chi connectivity index (χ4v) is 3.20. The minimum absolute atomic E-state index is 0.215. The molecule has 0 heterocycles. The average Bonchev–Trinajstić information content (AvgIpc) is 2.85. The number of halogens is 1. The van der Waals surface area contributed by atoms with Crippen LogP contribution in [-0.4, -0.2) is 23.0 Å². The van der Waals surface area contributed by atoms with Gasteiger partial charge in [-0.25, -0.2) is 9.18 Å². The maximum Gasteiger partial charge on any atom is 0.414 e. The highest BCUT2D eigenvalue weighted by Gasteiger charge is 2.25. The molecule has 5 N–H and O–H groups in total. The van der Waals surface area contributed by atoms with E-state index in [1.54, 1.807) is 49.4 Å². The second-order valence-corrected chi connectivity index (χ2v) is 7.65. The quantitative estimate of drug-likeness (QED) is 0.292. The number of nitrogens with one attached hydrogen (secondary N) is 2. The average molecular weight is 477 g/mol. The van der Waals surface area contributed by atoms with Gasteiger partial charge in [0.15, 0.2) is 11.6 Å².